The van der Waals surface area contributed by atoms with Gasteiger partial charge in [-0.1, -0.05) is 66.7 Å². The minimum atomic E-state index is -0.623. The highest BCUT2D eigenvalue weighted by Gasteiger charge is 2.22. The van der Waals surface area contributed by atoms with Gasteiger partial charge < -0.3 is 9.73 Å². The van der Waals surface area contributed by atoms with Crippen LogP contribution in [-0.4, -0.2) is 15.8 Å². The summed E-state index contributed by atoms with van der Waals surface area (Å²) in [5, 5.41) is 2.92. The Morgan fingerprint density at radius 3 is 2.26 bits per heavy atom. The normalized spacial score (nSPS) is 12.9. The molecule has 0 bridgehead atoms. The van der Waals surface area contributed by atoms with Gasteiger partial charge in [-0.2, -0.15) is 0 Å². The maximum absolute atomic E-state index is 14.4. The summed E-state index contributed by atoms with van der Waals surface area (Å²) in [6.45, 7) is 4.33. The zero-order valence-corrected chi connectivity index (χ0v) is 19.6. The second-order valence-electron chi connectivity index (χ2n) is 8.46. The largest absolute Gasteiger partial charge is 0.447 e. The van der Waals surface area contributed by atoms with Gasteiger partial charge in [-0.3, -0.25) is 9.69 Å². The molecule has 0 fully saturated rings. The van der Waals surface area contributed by atoms with Crippen LogP contribution < -0.4 is 5.32 Å². The van der Waals surface area contributed by atoms with E-state index in [2.05, 4.69) is 10.3 Å². The average Bonchev–Trinajstić information content (AvgIpc) is 3.34. The highest BCUT2D eigenvalue weighted by atomic mass is 19.1. The van der Waals surface area contributed by atoms with E-state index in [1.807, 2.05) is 79.4 Å². The molecule has 0 aliphatic rings. The molecule has 1 aromatic heterocycles. The van der Waals surface area contributed by atoms with Crippen LogP contribution in [0, 0.1) is 11.6 Å². The fourth-order valence-electron chi connectivity index (χ4n) is 3.90. The van der Waals surface area contributed by atoms with Crippen molar-refractivity contribution in [2.24, 2.45) is 0 Å². The number of hydrogen-bond acceptors (Lipinski definition) is 4. The van der Waals surface area contributed by atoms with Crippen molar-refractivity contribution in [1.29, 1.82) is 0 Å². The van der Waals surface area contributed by atoms with E-state index in [1.54, 1.807) is 0 Å². The van der Waals surface area contributed by atoms with E-state index in [9.17, 15) is 13.6 Å². The number of carbonyl (C=O) groups is 1. The van der Waals surface area contributed by atoms with Crippen molar-refractivity contribution in [3.8, 4) is 0 Å². The van der Waals surface area contributed by atoms with Crippen LogP contribution in [0.1, 0.15) is 59.0 Å². The predicted octanol–water partition coefficient (Wildman–Crippen LogP) is 6.21. The Morgan fingerprint density at radius 1 is 0.943 bits per heavy atom. The standard InChI is InChI=1S/C28H27F2N3O2/c1-19(21-9-5-3-6-10-21)31-28(34)26-18-35-27(32-26)17-33(20(2)22-11-7-4-8-12-22)16-23-13-14-24(29)15-25(23)30/h3-15,18-20H,16-17H2,1-2H3,(H,31,34)/t19-,20+/m0/s1. The van der Waals surface area contributed by atoms with E-state index in [-0.39, 0.29) is 36.8 Å². The molecule has 0 saturated heterocycles. The number of aromatic nitrogens is 1. The third kappa shape index (κ3) is 6.19. The van der Waals surface area contributed by atoms with E-state index in [4.69, 9.17) is 4.42 Å². The van der Waals surface area contributed by atoms with E-state index in [0.29, 0.717) is 11.5 Å². The van der Waals surface area contributed by atoms with Crippen LogP contribution in [0.4, 0.5) is 8.78 Å². The summed E-state index contributed by atoms with van der Waals surface area (Å²) in [4.78, 5) is 19.1. The number of carbonyl (C=O) groups excluding carboxylic acids is 1. The van der Waals surface area contributed by atoms with Gasteiger partial charge in [-0.25, -0.2) is 13.8 Å². The fourth-order valence-corrected chi connectivity index (χ4v) is 3.90. The van der Waals surface area contributed by atoms with E-state index < -0.39 is 11.6 Å². The van der Waals surface area contributed by atoms with Gasteiger partial charge in [0.25, 0.3) is 5.91 Å². The number of benzene rings is 3. The Bertz CT molecular complexity index is 1260. The summed E-state index contributed by atoms with van der Waals surface area (Å²) in [6, 6.07) is 22.6. The molecule has 7 heteroatoms. The summed E-state index contributed by atoms with van der Waals surface area (Å²) < 4.78 is 33.5. The summed E-state index contributed by atoms with van der Waals surface area (Å²) in [5.74, 6) is -1.25. The summed E-state index contributed by atoms with van der Waals surface area (Å²) >= 11 is 0. The maximum atomic E-state index is 14.4. The first-order valence-electron chi connectivity index (χ1n) is 11.4. The van der Waals surface area contributed by atoms with Crippen LogP contribution >= 0.6 is 0 Å². The third-order valence-electron chi connectivity index (χ3n) is 5.99. The van der Waals surface area contributed by atoms with Crippen molar-refractivity contribution in [2.75, 3.05) is 0 Å². The molecule has 0 spiro atoms. The van der Waals surface area contributed by atoms with Crippen molar-refractivity contribution in [1.82, 2.24) is 15.2 Å². The quantitative estimate of drug-likeness (QED) is 0.313. The number of oxazole rings is 1. The Hall–Kier alpha value is -3.84. The van der Waals surface area contributed by atoms with Crippen LogP contribution in [0.2, 0.25) is 0 Å². The Kier molecular flexibility index (Phi) is 7.67. The van der Waals surface area contributed by atoms with E-state index >= 15 is 0 Å². The van der Waals surface area contributed by atoms with Crippen molar-refractivity contribution in [2.45, 2.75) is 39.0 Å². The zero-order chi connectivity index (χ0) is 24.8. The SMILES string of the molecule is C[C@H](NC(=O)c1coc(CN(Cc2ccc(F)cc2F)[C@H](C)c2ccccc2)n1)c1ccccc1. The van der Waals surface area contributed by atoms with Crippen LogP contribution in [0.25, 0.3) is 0 Å². The molecule has 35 heavy (non-hydrogen) atoms. The summed E-state index contributed by atoms with van der Waals surface area (Å²) in [5.41, 5.74) is 2.53. The van der Waals surface area contributed by atoms with E-state index in [0.717, 1.165) is 17.2 Å². The molecule has 0 aliphatic carbocycles. The van der Waals surface area contributed by atoms with Gasteiger partial charge >= 0.3 is 0 Å². The average molecular weight is 476 g/mol. The number of hydrogen-bond donors (Lipinski definition) is 1. The van der Waals surface area contributed by atoms with Gasteiger partial charge in [0.05, 0.1) is 12.6 Å². The predicted molar refractivity (Wildman–Crippen MR) is 129 cm³/mol. The number of amides is 1. The summed E-state index contributed by atoms with van der Waals surface area (Å²) in [7, 11) is 0. The first-order chi connectivity index (χ1) is 16.9. The second-order valence-corrected chi connectivity index (χ2v) is 8.46. The van der Waals surface area contributed by atoms with Crippen LogP contribution in [-0.2, 0) is 13.1 Å². The van der Waals surface area contributed by atoms with Crippen molar-refractivity contribution < 1.29 is 18.0 Å². The first kappa shape index (κ1) is 24.3. The van der Waals surface area contributed by atoms with Crippen LogP contribution in [0.5, 0.6) is 0 Å². The zero-order valence-electron chi connectivity index (χ0n) is 19.6. The lowest BCUT2D eigenvalue weighted by atomic mass is 10.1. The van der Waals surface area contributed by atoms with Gasteiger partial charge in [0.15, 0.2) is 5.69 Å². The highest BCUT2D eigenvalue weighted by molar-refractivity contribution is 5.92. The molecule has 1 N–H and O–H groups in total. The van der Waals surface area contributed by atoms with Gasteiger partial charge in [0.1, 0.15) is 17.9 Å². The van der Waals surface area contributed by atoms with Crippen LogP contribution in [0.3, 0.4) is 0 Å². The molecule has 5 nitrogen and oxygen atoms in total. The molecule has 4 aromatic rings. The monoisotopic (exact) mass is 475 g/mol. The fraction of sp³-hybridized carbons (Fsp3) is 0.214. The maximum Gasteiger partial charge on any atom is 0.273 e. The summed E-state index contributed by atoms with van der Waals surface area (Å²) in [6.07, 6.45) is 1.33. The molecular formula is C28H27F2N3O2. The second kappa shape index (κ2) is 11.1. The lowest BCUT2D eigenvalue weighted by Crippen LogP contribution is -2.28. The van der Waals surface area contributed by atoms with Gasteiger partial charge in [0.2, 0.25) is 5.89 Å². The molecular weight excluding hydrogens is 448 g/mol. The van der Waals surface area contributed by atoms with Gasteiger partial charge in [-0.15, -0.1) is 0 Å². The molecule has 0 radical (unpaired) electrons. The Balaban J connectivity index is 1.51. The number of halogens is 2. The van der Waals surface area contributed by atoms with Crippen LogP contribution in [0.15, 0.2) is 89.5 Å². The third-order valence-corrected chi connectivity index (χ3v) is 5.99. The lowest BCUT2D eigenvalue weighted by Gasteiger charge is -2.28. The topological polar surface area (TPSA) is 58.4 Å². The van der Waals surface area contributed by atoms with Crippen molar-refractivity contribution in [3.63, 3.8) is 0 Å². The molecule has 1 amide bonds. The molecule has 3 aromatic carbocycles. The molecule has 0 saturated carbocycles. The number of nitrogens with one attached hydrogen (secondary N) is 1. The number of nitrogens with zero attached hydrogens (tertiary/aromatic N) is 2. The minimum absolute atomic E-state index is 0.122. The van der Waals surface area contributed by atoms with Gasteiger partial charge in [0, 0.05) is 24.2 Å². The lowest BCUT2D eigenvalue weighted by molar-refractivity contribution is 0.0934. The number of rotatable bonds is 9. The van der Waals surface area contributed by atoms with Crippen molar-refractivity contribution >= 4 is 5.91 Å². The highest BCUT2D eigenvalue weighted by Crippen LogP contribution is 2.25. The molecule has 180 valence electrons. The molecule has 1 heterocycles. The molecule has 4 rings (SSSR count). The molecule has 2 atom stereocenters. The van der Waals surface area contributed by atoms with Gasteiger partial charge in [-0.05, 0) is 31.0 Å². The molecule has 0 unspecified atom stereocenters. The smallest absolute Gasteiger partial charge is 0.273 e. The Morgan fingerprint density at radius 2 is 1.60 bits per heavy atom. The van der Waals surface area contributed by atoms with Crippen molar-refractivity contribution in [3.05, 3.63) is 125 Å². The minimum Gasteiger partial charge on any atom is -0.447 e. The van der Waals surface area contributed by atoms with E-state index in [1.165, 1.54) is 18.4 Å². The Labute approximate surface area is 203 Å². The first-order valence-corrected chi connectivity index (χ1v) is 11.4. The molecule has 0 aliphatic heterocycles.